The molecular formula is C23H30N6O. The Bertz CT molecular complexity index is 949. The molecule has 0 bridgehead atoms. The first-order chi connectivity index (χ1) is 14.8. The number of anilines is 1. The van der Waals surface area contributed by atoms with Gasteiger partial charge in [0.25, 0.3) is 0 Å². The number of nitrogens with one attached hydrogen (secondary N) is 3. The minimum absolute atomic E-state index is 0.223. The molecule has 3 aromatic rings. The van der Waals surface area contributed by atoms with Crippen molar-refractivity contribution in [3.8, 4) is 0 Å². The van der Waals surface area contributed by atoms with Gasteiger partial charge in [-0.2, -0.15) is 0 Å². The molecule has 30 heavy (non-hydrogen) atoms. The number of aliphatic imine (C=N–C) groups is 1. The lowest BCUT2D eigenvalue weighted by atomic mass is 10.2. The van der Waals surface area contributed by atoms with Crippen LogP contribution in [0.15, 0.2) is 64.2 Å². The van der Waals surface area contributed by atoms with Crippen LogP contribution in [0.4, 0.5) is 5.82 Å². The number of para-hydroxylation sites is 1. The molecule has 1 aromatic carbocycles. The van der Waals surface area contributed by atoms with Crippen molar-refractivity contribution in [2.75, 3.05) is 45.1 Å². The van der Waals surface area contributed by atoms with Crippen LogP contribution in [0.25, 0.3) is 10.9 Å². The summed E-state index contributed by atoms with van der Waals surface area (Å²) in [5.74, 6) is 2.67. The highest BCUT2D eigenvalue weighted by Gasteiger charge is 2.25. The van der Waals surface area contributed by atoms with Crippen LogP contribution in [0.5, 0.6) is 0 Å². The second-order valence-corrected chi connectivity index (χ2v) is 7.47. The number of benzene rings is 1. The molecule has 0 aliphatic carbocycles. The summed E-state index contributed by atoms with van der Waals surface area (Å²) in [5.41, 5.74) is 0.999. The molecule has 1 atom stereocenters. The normalized spacial score (nSPS) is 16.0. The lowest BCUT2D eigenvalue weighted by Gasteiger charge is -2.26. The van der Waals surface area contributed by atoms with Gasteiger partial charge in [0.2, 0.25) is 0 Å². The lowest BCUT2D eigenvalue weighted by molar-refractivity contribution is 0.215. The summed E-state index contributed by atoms with van der Waals surface area (Å²) >= 11 is 0. The van der Waals surface area contributed by atoms with Gasteiger partial charge in [0.1, 0.15) is 11.6 Å². The van der Waals surface area contributed by atoms with Gasteiger partial charge in [-0.1, -0.05) is 18.2 Å². The Kier molecular flexibility index (Phi) is 6.82. The third-order valence-corrected chi connectivity index (χ3v) is 5.46. The van der Waals surface area contributed by atoms with E-state index in [9.17, 15) is 0 Å². The molecule has 0 saturated carbocycles. The van der Waals surface area contributed by atoms with E-state index in [1.807, 2.05) is 30.3 Å². The number of furan rings is 1. The zero-order chi connectivity index (χ0) is 20.6. The van der Waals surface area contributed by atoms with E-state index in [2.05, 4.69) is 49.0 Å². The van der Waals surface area contributed by atoms with Crippen LogP contribution in [-0.2, 0) is 0 Å². The molecule has 158 valence electrons. The summed E-state index contributed by atoms with van der Waals surface area (Å²) in [6, 6.07) is 16.5. The van der Waals surface area contributed by atoms with E-state index in [-0.39, 0.29) is 6.04 Å². The highest BCUT2D eigenvalue weighted by Crippen LogP contribution is 2.24. The maximum absolute atomic E-state index is 5.69. The van der Waals surface area contributed by atoms with E-state index in [4.69, 9.17) is 4.42 Å². The fourth-order valence-electron chi connectivity index (χ4n) is 3.89. The number of guanidine groups is 1. The number of fused-ring (bicyclic) bond motifs is 1. The predicted octanol–water partition coefficient (Wildman–Crippen LogP) is 3.24. The zero-order valence-corrected chi connectivity index (χ0v) is 17.5. The summed E-state index contributed by atoms with van der Waals surface area (Å²) in [4.78, 5) is 11.5. The number of nitrogens with zero attached hydrogens (tertiary/aromatic N) is 3. The fraction of sp³-hybridized carbons (Fsp3) is 0.391. The molecule has 0 spiro atoms. The fourth-order valence-corrected chi connectivity index (χ4v) is 3.89. The van der Waals surface area contributed by atoms with Crippen molar-refractivity contribution in [3.63, 3.8) is 0 Å². The van der Waals surface area contributed by atoms with Crippen LogP contribution in [-0.4, -0.2) is 55.6 Å². The van der Waals surface area contributed by atoms with Crippen molar-refractivity contribution >= 4 is 22.7 Å². The van der Waals surface area contributed by atoms with Crippen molar-refractivity contribution < 1.29 is 4.42 Å². The number of aromatic nitrogens is 1. The number of likely N-dealkylation sites (tertiary alicyclic amines) is 1. The Hall–Kier alpha value is -3.06. The first-order valence-electron chi connectivity index (χ1n) is 10.6. The molecule has 0 radical (unpaired) electrons. The molecule has 1 saturated heterocycles. The Labute approximate surface area is 177 Å². The molecule has 3 N–H and O–H groups in total. The van der Waals surface area contributed by atoms with E-state index < -0.39 is 0 Å². The number of hydrogen-bond acceptors (Lipinski definition) is 5. The van der Waals surface area contributed by atoms with Crippen LogP contribution >= 0.6 is 0 Å². The summed E-state index contributed by atoms with van der Waals surface area (Å²) < 4.78 is 5.69. The van der Waals surface area contributed by atoms with Crippen molar-refractivity contribution in [2.45, 2.75) is 18.9 Å². The van der Waals surface area contributed by atoms with Crippen LogP contribution in [0, 0.1) is 0 Å². The van der Waals surface area contributed by atoms with Gasteiger partial charge in [-0.05, 0) is 56.3 Å². The lowest BCUT2D eigenvalue weighted by Crippen LogP contribution is -2.43. The Morgan fingerprint density at radius 2 is 1.93 bits per heavy atom. The van der Waals surface area contributed by atoms with Gasteiger partial charge in [-0.3, -0.25) is 9.89 Å². The molecule has 2 aromatic heterocycles. The van der Waals surface area contributed by atoms with E-state index >= 15 is 0 Å². The second-order valence-electron chi connectivity index (χ2n) is 7.47. The van der Waals surface area contributed by atoms with E-state index in [0.717, 1.165) is 61.2 Å². The van der Waals surface area contributed by atoms with E-state index in [1.54, 1.807) is 13.3 Å². The third kappa shape index (κ3) is 5.10. The van der Waals surface area contributed by atoms with Crippen LogP contribution < -0.4 is 16.0 Å². The highest BCUT2D eigenvalue weighted by molar-refractivity contribution is 5.80. The van der Waals surface area contributed by atoms with E-state index in [0.29, 0.717) is 0 Å². The van der Waals surface area contributed by atoms with Gasteiger partial charge in [0, 0.05) is 32.1 Å². The van der Waals surface area contributed by atoms with Gasteiger partial charge in [0.05, 0.1) is 17.8 Å². The summed E-state index contributed by atoms with van der Waals surface area (Å²) in [6.45, 7) is 4.47. The topological polar surface area (TPSA) is 77.7 Å². The smallest absolute Gasteiger partial charge is 0.191 e. The number of rotatable bonds is 8. The molecule has 7 heteroatoms. The summed E-state index contributed by atoms with van der Waals surface area (Å²) in [5, 5.41) is 11.3. The number of pyridine rings is 1. The predicted molar refractivity (Wildman–Crippen MR) is 122 cm³/mol. The van der Waals surface area contributed by atoms with E-state index in [1.165, 1.54) is 12.8 Å². The molecule has 4 rings (SSSR count). The Morgan fingerprint density at radius 1 is 1.07 bits per heavy atom. The quantitative estimate of drug-likeness (QED) is 0.303. The summed E-state index contributed by atoms with van der Waals surface area (Å²) in [7, 11) is 1.80. The molecule has 3 heterocycles. The molecule has 1 unspecified atom stereocenters. The largest absolute Gasteiger partial charge is 0.468 e. The van der Waals surface area contributed by atoms with Crippen LogP contribution in [0.1, 0.15) is 24.6 Å². The zero-order valence-electron chi connectivity index (χ0n) is 17.5. The molecule has 1 aliphatic heterocycles. The monoisotopic (exact) mass is 406 g/mol. The number of hydrogen-bond donors (Lipinski definition) is 3. The first-order valence-corrected chi connectivity index (χ1v) is 10.6. The maximum Gasteiger partial charge on any atom is 0.191 e. The molecule has 1 aliphatic rings. The molecule has 0 amide bonds. The van der Waals surface area contributed by atoms with Gasteiger partial charge >= 0.3 is 0 Å². The van der Waals surface area contributed by atoms with Crippen molar-refractivity contribution in [3.05, 3.63) is 60.6 Å². The first kappa shape index (κ1) is 20.2. The SMILES string of the molecule is CN=C(NCCNc1ccc2ccccc2n1)NCC(c1ccco1)N1CCCC1. The van der Waals surface area contributed by atoms with Gasteiger partial charge < -0.3 is 20.4 Å². The average molecular weight is 407 g/mol. The Balaban J connectivity index is 1.25. The molecular weight excluding hydrogens is 376 g/mol. The third-order valence-electron chi connectivity index (χ3n) is 5.46. The van der Waals surface area contributed by atoms with Crippen LogP contribution in [0.2, 0.25) is 0 Å². The van der Waals surface area contributed by atoms with Gasteiger partial charge in [-0.15, -0.1) is 0 Å². The minimum Gasteiger partial charge on any atom is -0.468 e. The van der Waals surface area contributed by atoms with Crippen LogP contribution in [0.3, 0.4) is 0 Å². The highest BCUT2D eigenvalue weighted by atomic mass is 16.3. The van der Waals surface area contributed by atoms with Crippen molar-refractivity contribution in [1.82, 2.24) is 20.5 Å². The average Bonchev–Trinajstić information content (AvgIpc) is 3.50. The minimum atomic E-state index is 0.223. The van der Waals surface area contributed by atoms with Crippen molar-refractivity contribution in [2.24, 2.45) is 4.99 Å². The van der Waals surface area contributed by atoms with Gasteiger partial charge in [0.15, 0.2) is 5.96 Å². The Morgan fingerprint density at radius 3 is 2.73 bits per heavy atom. The second kappa shape index (κ2) is 10.1. The standard InChI is InChI=1S/C23H30N6O/c1-24-23(27-17-20(21-9-6-16-30-21)29-14-4-5-15-29)26-13-12-25-22-11-10-18-7-2-3-8-19(18)28-22/h2-3,6-11,16,20H,4-5,12-15,17H2,1H3,(H,25,28)(H2,24,26,27). The molecule has 7 nitrogen and oxygen atoms in total. The molecule has 1 fully saturated rings. The van der Waals surface area contributed by atoms with Gasteiger partial charge in [-0.25, -0.2) is 4.98 Å². The summed E-state index contributed by atoms with van der Waals surface area (Å²) in [6.07, 6.45) is 4.25. The maximum atomic E-state index is 5.69. The van der Waals surface area contributed by atoms with Crippen molar-refractivity contribution in [1.29, 1.82) is 0 Å².